The fourth-order valence-electron chi connectivity index (χ4n) is 1.68. The third-order valence-corrected chi connectivity index (χ3v) is 3.06. The van der Waals surface area contributed by atoms with E-state index >= 15 is 0 Å². The van der Waals surface area contributed by atoms with Gasteiger partial charge in [0.1, 0.15) is 5.82 Å². The van der Waals surface area contributed by atoms with Gasteiger partial charge >= 0.3 is 0 Å². The number of hydrogen-bond acceptors (Lipinski definition) is 3. The number of aromatic nitrogens is 2. The number of aliphatic hydroxyl groups is 1. The van der Waals surface area contributed by atoms with Crippen molar-refractivity contribution in [1.29, 1.82) is 0 Å². The van der Waals surface area contributed by atoms with Crippen molar-refractivity contribution in [2.24, 2.45) is 0 Å². The van der Waals surface area contributed by atoms with E-state index in [1.54, 1.807) is 10.9 Å². The molecule has 0 unspecified atom stereocenters. The van der Waals surface area contributed by atoms with E-state index in [0.29, 0.717) is 18.8 Å². The smallest absolute Gasteiger partial charge is 0.125 e. The van der Waals surface area contributed by atoms with Gasteiger partial charge < -0.3 is 10.8 Å². The highest BCUT2D eigenvalue weighted by atomic mass is 79.9. The summed E-state index contributed by atoms with van der Waals surface area (Å²) < 4.78 is 2.78. The first kappa shape index (κ1) is 12.1. The lowest BCUT2D eigenvalue weighted by Gasteiger charge is -2.05. The fourth-order valence-corrected chi connectivity index (χ4v) is 2.13. The normalized spacial score (nSPS) is 10.7. The minimum Gasteiger partial charge on any atom is -0.396 e. The number of hydrogen-bond donors (Lipinski definition) is 2. The zero-order valence-corrected chi connectivity index (χ0v) is 10.9. The Labute approximate surface area is 108 Å². The number of anilines is 1. The second-order valence-corrected chi connectivity index (χ2v) is 4.73. The molecule has 0 fully saturated rings. The zero-order valence-electron chi connectivity index (χ0n) is 9.31. The molecule has 1 aromatic heterocycles. The average molecular weight is 296 g/mol. The van der Waals surface area contributed by atoms with Gasteiger partial charge in [-0.1, -0.05) is 28.1 Å². The molecule has 0 amide bonds. The number of benzene rings is 1. The van der Waals surface area contributed by atoms with Crippen molar-refractivity contribution in [1.82, 2.24) is 9.78 Å². The van der Waals surface area contributed by atoms with E-state index in [4.69, 9.17) is 10.8 Å². The first-order valence-corrected chi connectivity index (χ1v) is 6.15. The molecule has 2 aromatic rings. The molecule has 2 rings (SSSR count). The molecule has 1 heterocycles. The highest BCUT2D eigenvalue weighted by Gasteiger charge is 2.07. The van der Waals surface area contributed by atoms with E-state index < -0.39 is 0 Å². The standard InChI is InChI=1S/C12H14BrN3O/c13-11-3-1-2-9(6-11)8-16-12(14)10(4-5-17)7-15-16/h1-3,6-7,17H,4-5,8,14H2. The van der Waals surface area contributed by atoms with Crippen molar-refractivity contribution >= 4 is 21.7 Å². The van der Waals surface area contributed by atoms with E-state index in [1.165, 1.54) is 0 Å². The second kappa shape index (κ2) is 5.33. The summed E-state index contributed by atoms with van der Waals surface area (Å²) in [5, 5.41) is 13.1. The van der Waals surface area contributed by atoms with E-state index in [0.717, 1.165) is 15.6 Å². The predicted octanol–water partition coefficient (Wildman–Crippen LogP) is 1.81. The molecule has 0 bridgehead atoms. The Balaban J connectivity index is 2.19. The van der Waals surface area contributed by atoms with Crippen LogP contribution in [0.25, 0.3) is 0 Å². The molecule has 0 aliphatic heterocycles. The van der Waals surface area contributed by atoms with Gasteiger partial charge in [0.15, 0.2) is 0 Å². The number of aliphatic hydroxyl groups excluding tert-OH is 1. The number of halogens is 1. The topological polar surface area (TPSA) is 64.1 Å². The Morgan fingerprint density at radius 3 is 2.94 bits per heavy atom. The van der Waals surface area contributed by atoms with Crippen molar-refractivity contribution in [2.45, 2.75) is 13.0 Å². The van der Waals surface area contributed by atoms with Gasteiger partial charge in [-0.25, -0.2) is 4.68 Å². The Morgan fingerprint density at radius 1 is 1.41 bits per heavy atom. The molecule has 0 saturated carbocycles. The lowest BCUT2D eigenvalue weighted by Crippen LogP contribution is -2.07. The lowest BCUT2D eigenvalue weighted by atomic mass is 10.2. The SMILES string of the molecule is Nc1c(CCO)cnn1Cc1cccc(Br)c1. The maximum Gasteiger partial charge on any atom is 0.125 e. The van der Waals surface area contributed by atoms with Gasteiger partial charge in [0, 0.05) is 23.1 Å². The van der Waals surface area contributed by atoms with Crippen molar-refractivity contribution in [3.63, 3.8) is 0 Å². The van der Waals surface area contributed by atoms with Crippen LogP contribution in [-0.4, -0.2) is 21.5 Å². The summed E-state index contributed by atoms with van der Waals surface area (Å²) in [5.74, 6) is 0.624. The largest absolute Gasteiger partial charge is 0.396 e. The van der Waals surface area contributed by atoms with Gasteiger partial charge in [-0.05, 0) is 17.7 Å². The van der Waals surface area contributed by atoms with Crippen molar-refractivity contribution < 1.29 is 5.11 Å². The molecule has 4 nitrogen and oxygen atoms in total. The summed E-state index contributed by atoms with van der Waals surface area (Å²) in [6.07, 6.45) is 2.26. The quantitative estimate of drug-likeness (QED) is 0.904. The van der Waals surface area contributed by atoms with Crippen LogP contribution in [0.1, 0.15) is 11.1 Å². The van der Waals surface area contributed by atoms with Crippen LogP contribution < -0.4 is 5.73 Å². The van der Waals surface area contributed by atoms with Crippen molar-refractivity contribution in [2.75, 3.05) is 12.3 Å². The van der Waals surface area contributed by atoms with Crippen LogP contribution in [-0.2, 0) is 13.0 Å². The Morgan fingerprint density at radius 2 is 2.24 bits per heavy atom. The van der Waals surface area contributed by atoms with Crippen molar-refractivity contribution in [3.05, 3.63) is 46.1 Å². The molecule has 0 radical (unpaired) electrons. The molecular formula is C12H14BrN3O. The Kier molecular flexibility index (Phi) is 3.81. The molecule has 0 aliphatic carbocycles. The first-order valence-electron chi connectivity index (χ1n) is 5.36. The fraction of sp³-hybridized carbons (Fsp3) is 0.250. The van der Waals surface area contributed by atoms with E-state index in [-0.39, 0.29) is 6.61 Å². The van der Waals surface area contributed by atoms with Gasteiger partial charge in [-0.15, -0.1) is 0 Å². The van der Waals surface area contributed by atoms with Crippen LogP contribution >= 0.6 is 15.9 Å². The lowest BCUT2D eigenvalue weighted by molar-refractivity contribution is 0.300. The van der Waals surface area contributed by atoms with E-state index in [1.807, 2.05) is 24.3 Å². The minimum absolute atomic E-state index is 0.0901. The molecule has 90 valence electrons. The summed E-state index contributed by atoms with van der Waals surface area (Å²) in [6, 6.07) is 8.02. The summed E-state index contributed by atoms with van der Waals surface area (Å²) in [5.41, 5.74) is 7.97. The molecule has 0 aliphatic rings. The second-order valence-electron chi connectivity index (χ2n) is 3.82. The first-order chi connectivity index (χ1) is 8.20. The molecule has 0 saturated heterocycles. The van der Waals surface area contributed by atoms with Gasteiger partial charge in [-0.3, -0.25) is 0 Å². The van der Waals surface area contributed by atoms with Gasteiger partial charge in [0.25, 0.3) is 0 Å². The zero-order chi connectivity index (χ0) is 12.3. The van der Waals surface area contributed by atoms with Crippen LogP contribution in [0, 0.1) is 0 Å². The number of nitrogens with two attached hydrogens (primary N) is 1. The minimum atomic E-state index is 0.0901. The van der Waals surface area contributed by atoms with E-state index in [9.17, 15) is 0 Å². The molecule has 5 heteroatoms. The third kappa shape index (κ3) is 2.87. The number of nitrogens with zero attached hydrogens (tertiary/aromatic N) is 2. The third-order valence-electron chi connectivity index (χ3n) is 2.56. The van der Waals surface area contributed by atoms with E-state index in [2.05, 4.69) is 21.0 Å². The van der Waals surface area contributed by atoms with Gasteiger partial charge in [0.05, 0.1) is 12.7 Å². The summed E-state index contributed by atoms with van der Waals surface area (Å²) in [4.78, 5) is 0. The molecule has 1 aromatic carbocycles. The Hall–Kier alpha value is -1.33. The van der Waals surface area contributed by atoms with Crippen LogP contribution in [0.3, 0.4) is 0 Å². The van der Waals surface area contributed by atoms with Crippen molar-refractivity contribution in [3.8, 4) is 0 Å². The average Bonchev–Trinajstić information content (AvgIpc) is 2.62. The van der Waals surface area contributed by atoms with Crippen LogP contribution in [0.2, 0.25) is 0 Å². The highest BCUT2D eigenvalue weighted by Crippen LogP contribution is 2.16. The highest BCUT2D eigenvalue weighted by molar-refractivity contribution is 9.10. The van der Waals surface area contributed by atoms with Gasteiger partial charge in [0.2, 0.25) is 0 Å². The molecule has 0 atom stereocenters. The number of nitrogen functional groups attached to an aromatic ring is 1. The maximum atomic E-state index is 8.88. The van der Waals surface area contributed by atoms with Crippen LogP contribution in [0.15, 0.2) is 34.9 Å². The summed E-state index contributed by atoms with van der Waals surface area (Å²) in [7, 11) is 0. The molecular weight excluding hydrogens is 282 g/mol. The predicted molar refractivity (Wildman–Crippen MR) is 70.7 cm³/mol. The van der Waals surface area contributed by atoms with Crippen LogP contribution in [0.5, 0.6) is 0 Å². The summed E-state index contributed by atoms with van der Waals surface area (Å²) in [6.45, 7) is 0.726. The molecule has 17 heavy (non-hydrogen) atoms. The summed E-state index contributed by atoms with van der Waals surface area (Å²) >= 11 is 3.43. The maximum absolute atomic E-state index is 8.88. The Bertz CT molecular complexity index is 510. The number of rotatable bonds is 4. The van der Waals surface area contributed by atoms with Crippen LogP contribution in [0.4, 0.5) is 5.82 Å². The monoisotopic (exact) mass is 295 g/mol. The molecule has 0 spiro atoms. The van der Waals surface area contributed by atoms with Gasteiger partial charge in [-0.2, -0.15) is 5.10 Å². The molecule has 3 N–H and O–H groups in total.